The molecule has 0 aromatic carbocycles. The van der Waals surface area contributed by atoms with Crippen molar-refractivity contribution in [3.05, 3.63) is 18.5 Å². The lowest BCUT2D eigenvalue weighted by Crippen LogP contribution is -2.41. The van der Waals surface area contributed by atoms with Crippen LogP contribution in [0.1, 0.15) is 40.5 Å². The molecule has 102 valence electrons. The van der Waals surface area contributed by atoms with Gasteiger partial charge in [-0.2, -0.15) is 0 Å². The van der Waals surface area contributed by atoms with Crippen LogP contribution in [0.2, 0.25) is 0 Å². The highest BCUT2D eigenvalue weighted by Gasteiger charge is 2.52. The van der Waals surface area contributed by atoms with Crippen molar-refractivity contribution in [1.82, 2.24) is 4.98 Å². The smallest absolute Gasteiger partial charge is 0.491 e. The van der Waals surface area contributed by atoms with Crippen molar-refractivity contribution in [3.8, 4) is 5.75 Å². The maximum Gasteiger partial charge on any atom is 0.500 e. The minimum Gasteiger partial charge on any atom is -0.491 e. The number of pyridine rings is 1. The molecule has 2 fully saturated rings. The van der Waals surface area contributed by atoms with E-state index < -0.39 is 7.12 Å². The van der Waals surface area contributed by atoms with Crippen LogP contribution in [-0.2, 0) is 9.31 Å². The van der Waals surface area contributed by atoms with E-state index in [4.69, 9.17) is 14.0 Å². The van der Waals surface area contributed by atoms with Crippen LogP contribution in [0.4, 0.5) is 0 Å². The molecule has 0 radical (unpaired) electrons. The highest BCUT2D eigenvalue weighted by Crippen LogP contribution is 2.37. The van der Waals surface area contributed by atoms with E-state index >= 15 is 0 Å². The first-order valence-electron chi connectivity index (χ1n) is 6.85. The van der Waals surface area contributed by atoms with Gasteiger partial charge in [0, 0.05) is 17.9 Å². The first-order chi connectivity index (χ1) is 8.89. The van der Waals surface area contributed by atoms with E-state index in [0.29, 0.717) is 6.10 Å². The summed E-state index contributed by atoms with van der Waals surface area (Å²) in [5.74, 6) is 0.830. The molecule has 2 aliphatic rings. The normalized spacial score (nSPS) is 24.5. The van der Waals surface area contributed by atoms with Gasteiger partial charge in [0.2, 0.25) is 0 Å². The zero-order chi connectivity index (χ0) is 13.7. The van der Waals surface area contributed by atoms with Gasteiger partial charge in [0.1, 0.15) is 5.75 Å². The average Bonchev–Trinajstić information content (AvgIpc) is 3.08. The van der Waals surface area contributed by atoms with E-state index in [1.165, 1.54) is 0 Å². The van der Waals surface area contributed by atoms with Crippen LogP contribution < -0.4 is 10.2 Å². The van der Waals surface area contributed by atoms with Gasteiger partial charge in [-0.15, -0.1) is 0 Å². The van der Waals surface area contributed by atoms with Crippen molar-refractivity contribution >= 4 is 12.6 Å². The third-order valence-electron chi connectivity index (χ3n) is 4.14. The number of aromatic nitrogens is 1. The number of nitrogens with zero attached hydrogens (tertiary/aromatic N) is 1. The predicted octanol–water partition coefficient (Wildman–Crippen LogP) is 1.92. The van der Waals surface area contributed by atoms with Gasteiger partial charge < -0.3 is 14.0 Å². The molecule has 1 aromatic rings. The molecule has 1 aliphatic heterocycles. The quantitative estimate of drug-likeness (QED) is 0.779. The predicted molar refractivity (Wildman–Crippen MR) is 73.6 cm³/mol. The van der Waals surface area contributed by atoms with Crippen LogP contribution in [-0.4, -0.2) is 29.4 Å². The topological polar surface area (TPSA) is 40.6 Å². The van der Waals surface area contributed by atoms with Crippen molar-refractivity contribution in [2.45, 2.75) is 57.8 Å². The van der Waals surface area contributed by atoms with Gasteiger partial charge in [-0.1, -0.05) is 0 Å². The SMILES string of the molecule is CC1(C)OB(c2cnccc2OC2CC2)OC1(C)C. The molecule has 19 heavy (non-hydrogen) atoms. The molecule has 0 atom stereocenters. The Morgan fingerprint density at radius 1 is 1.21 bits per heavy atom. The van der Waals surface area contributed by atoms with Crippen molar-refractivity contribution < 1.29 is 14.0 Å². The minimum absolute atomic E-state index is 0.343. The summed E-state index contributed by atoms with van der Waals surface area (Å²) in [4.78, 5) is 4.17. The molecular weight excluding hydrogens is 241 g/mol. The molecule has 1 saturated carbocycles. The molecule has 3 rings (SSSR count). The van der Waals surface area contributed by atoms with E-state index in [1.807, 2.05) is 33.8 Å². The minimum atomic E-state index is -0.410. The van der Waals surface area contributed by atoms with Crippen LogP contribution in [0.25, 0.3) is 0 Å². The number of ether oxygens (including phenoxy) is 1. The molecule has 4 nitrogen and oxygen atoms in total. The zero-order valence-corrected chi connectivity index (χ0v) is 12.0. The highest BCUT2D eigenvalue weighted by atomic mass is 16.7. The Morgan fingerprint density at radius 3 is 2.42 bits per heavy atom. The first-order valence-corrected chi connectivity index (χ1v) is 6.85. The molecule has 1 saturated heterocycles. The fourth-order valence-corrected chi connectivity index (χ4v) is 2.01. The average molecular weight is 261 g/mol. The van der Waals surface area contributed by atoms with Crippen LogP contribution >= 0.6 is 0 Å². The summed E-state index contributed by atoms with van der Waals surface area (Å²) in [5, 5.41) is 0. The summed E-state index contributed by atoms with van der Waals surface area (Å²) >= 11 is 0. The van der Waals surface area contributed by atoms with Gasteiger partial charge in [0.25, 0.3) is 0 Å². The Balaban J connectivity index is 1.86. The Labute approximate surface area is 114 Å². The summed E-state index contributed by atoms with van der Waals surface area (Å²) in [7, 11) is -0.410. The third-order valence-corrected chi connectivity index (χ3v) is 4.14. The molecular formula is C14H20BNO3. The van der Waals surface area contributed by atoms with Crippen molar-refractivity contribution in [1.29, 1.82) is 0 Å². The maximum atomic E-state index is 6.05. The summed E-state index contributed by atoms with van der Waals surface area (Å²) in [5.41, 5.74) is 0.197. The van der Waals surface area contributed by atoms with E-state index in [2.05, 4.69) is 4.98 Å². The van der Waals surface area contributed by atoms with E-state index in [1.54, 1.807) is 12.4 Å². The molecule has 0 spiro atoms. The molecule has 2 heterocycles. The molecule has 0 bridgehead atoms. The number of hydrogen-bond donors (Lipinski definition) is 0. The monoisotopic (exact) mass is 261 g/mol. The Kier molecular flexibility index (Phi) is 2.87. The Morgan fingerprint density at radius 2 is 1.84 bits per heavy atom. The van der Waals surface area contributed by atoms with Gasteiger partial charge in [0.15, 0.2) is 0 Å². The summed E-state index contributed by atoms with van der Waals surface area (Å²) < 4.78 is 18.0. The van der Waals surface area contributed by atoms with Crippen molar-refractivity contribution in [2.24, 2.45) is 0 Å². The summed E-state index contributed by atoms with van der Waals surface area (Å²) in [6.07, 6.45) is 6.13. The Hall–Kier alpha value is -1.07. The summed E-state index contributed by atoms with van der Waals surface area (Å²) in [6.45, 7) is 8.19. The fourth-order valence-electron chi connectivity index (χ4n) is 2.01. The zero-order valence-electron chi connectivity index (χ0n) is 12.0. The van der Waals surface area contributed by atoms with Crippen LogP contribution in [0.5, 0.6) is 5.75 Å². The fraction of sp³-hybridized carbons (Fsp3) is 0.643. The van der Waals surface area contributed by atoms with Gasteiger partial charge in [-0.3, -0.25) is 4.98 Å². The second kappa shape index (κ2) is 4.22. The number of hydrogen-bond acceptors (Lipinski definition) is 4. The lowest BCUT2D eigenvalue weighted by molar-refractivity contribution is 0.00578. The van der Waals surface area contributed by atoms with Gasteiger partial charge in [-0.25, -0.2) is 0 Å². The highest BCUT2D eigenvalue weighted by molar-refractivity contribution is 6.63. The van der Waals surface area contributed by atoms with Gasteiger partial charge >= 0.3 is 7.12 Å². The van der Waals surface area contributed by atoms with Crippen LogP contribution in [0.15, 0.2) is 18.5 Å². The third kappa shape index (κ3) is 2.37. The van der Waals surface area contributed by atoms with Crippen LogP contribution in [0, 0.1) is 0 Å². The molecule has 1 aliphatic carbocycles. The van der Waals surface area contributed by atoms with E-state index in [0.717, 1.165) is 24.1 Å². The molecule has 5 heteroatoms. The second-order valence-corrected chi connectivity index (χ2v) is 6.32. The molecule has 0 amide bonds. The second-order valence-electron chi connectivity index (χ2n) is 6.32. The number of rotatable bonds is 3. The van der Waals surface area contributed by atoms with Gasteiger partial charge in [0.05, 0.1) is 17.3 Å². The van der Waals surface area contributed by atoms with Crippen molar-refractivity contribution in [3.63, 3.8) is 0 Å². The van der Waals surface area contributed by atoms with E-state index in [9.17, 15) is 0 Å². The van der Waals surface area contributed by atoms with Crippen LogP contribution in [0.3, 0.4) is 0 Å². The molecule has 0 N–H and O–H groups in total. The molecule has 0 unspecified atom stereocenters. The molecule has 1 aromatic heterocycles. The van der Waals surface area contributed by atoms with E-state index in [-0.39, 0.29) is 11.2 Å². The lowest BCUT2D eigenvalue weighted by atomic mass is 9.79. The lowest BCUT2D eigenvalue weighted by Gasteiger charge is -2.32. The largest absolute Gasteiger partial charge is 0.500 e. The summed E-state index contributed by atoms with van der Waals surface area (Å²) in [6, 6.07) is 1.89. The van der Waals surface area contributed by atoms with Gasteiger partial charge in [-0.05, 0) is 46.6 Å². The first kappa shape index (κ1) is 12.9. The maximum absolute atomic E-state index is 6.05. The van der Waals surface area contributed by atoms with Crippen molar-refractivity contribution in [2.75, 3.05) is 0 Å². The standard InChI is InChI=1S/C14H20BNO3/c1-13(2)14(3,4)19-15(18-13)11-9-16-8-7-12(11)17-10-5-6-10/h7-10H,5-6H2,1-4H3. The Bertz CT molecular complexity index is 469.